The van der Waals surface area contributed by atoms with Gasteiger partial charge in [0.15, 0.2) is 0 Å². The van der Waals surface area contributed by atoms with Gasteiger partial charge in [-0.1, -0.05) is 12.1 Å². The van der Waals surface area contributed by atoms with Crippen molar-refractivity contribution >= 4 is 0 Å². The van der Waals surface area contributed by atoms with Crippen LogP contribution in [0.1, 0.15) is 22.4 Å². The molecule has 0 spiro atoms. The lowest BCUT2D eigenvalue weighted by atomic mass is 10.1. The molecule has 0 unspecified atom stereocenters. The molecule has 0 aliphatic rings. The number of ether oxygens (including phenoxy) is 1. The number of hydrogen-bond acceptors (Lipinski definition) is 4. The fourth-order valence-electron chi connectivity index (χ4n) is 1.66. The third-order valence-corrected chi connectivity index (χ3v) is 2.92. The van der Waals surface area contributed by atoms with Gasteiger partial charge in [0.25, 0.3) is 0 Å². The second-order valence-corrected chi connectivity index (χ2v) is 4.26. The monoisotopic (exact) mass is 244 g/mol. The number of nitrogens with zero attached hydrogens (tertiary/aromatic N) is 2. The molecule has 1 heterocycles. The van der Waals surface area contributed by atoms with Crippen LogP contribution in [0, 0.1) is 20.8 Å². The molecule has 0 amide bonds. The zero-order chi connectivity index (χ0) is 13.1. The molecule has 1 aromatic heterocycles. The highest BCUT2D eigenvalue weighted by Crippen LogP contribution is 2.29. The number of aryl methyl sites for hydroxylation is 2. The number of hydrogen-bond donors (Lipinski definition) is 1. The molecule has 2 aromatic rings. The summed E-state index contributed by atoms with van der Waals surface area (Å²) < 4.78 is 5.76. The highest BCUT2D eigenvalue weighted by Gasteiger charge is 2.08. The second-order valence-electron chi connectivity index (χ2n) is 4.26. The van der Waals surface area contributed by atoms with E-state index < -0.39 is 0 Å². The van der Waals surface area contributed by atoms with Gasteiger partial charge in [-0.15, -0.1) is 0 Å². The largest absolute Gasteiger partial charge is 0.437 e. The van der Waals surface area contributed by atoms with Gasteiger partial charge in [0.05, 0.1) is 24.7 Å². The van der Waals surface area contributed by atoms with Crippen molar-refractivity contribution in [2.75, 3.05) is 0 Å². The molecule has 4 heteroatoms. The second kappa shape index (κ2) is 5.14. The first kappa shape index (κ1) is 12.5. The van der Waals surface area contributed by atoms with Crippen LogP contribution < -0.4 is 4.74 Å². The van der Waals surface area contributed by atoms with E-state index in [1.165, 1.54) is 18.0 Å². The normalized spacial score (nSPS) is 10.4. The van der Waals surface area contributed by atoms with Gasteiger partial charge in [-0.05, 0) is 37.5 Å². The molecule has 1 aromatic carbocycles. The lowest BCUT2D eigenvalue weighted by Gasteiger charge is -2.12. The quantitative estimate of drug-likeness (QED) is 0.901. The average Bonchev–Trinajstić information content (AvgIpc) is 2.40. The lowest BCUT2D eigenvalue weighted by molar-refractivity contribution is 0.275. The van der Waals surface area contributed by atoms with Gasteiger partial charge in [-0.25, -0.2) is 4.98 Å². The maximum Gasteiger partial charge on any atom is 0.237 e. The first-order valence-corrected chi connectivity index (χ1v) is 5.78. The number of aliphatic hydroxyl groups excluding tert-OH is 1. The van der Waals surface area contributed by atoms with Crippen LogP contribution in [0.5, 0.6) is 11.6 Å². The summed E-state index contributed by atoms with van der Waals surface area (Å²) in [6.07, 6.45) is 3.03. The van der Waals surface area contributed by atoms with Gasteiger partial charge in [0, 0.05) is 0 Å². The Hall–Kier alpha value is -1.94. The molecule has 4 nitrogen and oxygen atoms in total. The minimum atomic E-state index is -0.115. The average molecular weight is 244 g/mol. The maximum absolute atomic E-state index is 8.90. The van der Waals surface area contributed by atoms with Crippen molar-refractivity contribution in [3.8, 4) is 11.6 Å². The summed E-state index contributed by atoms with van der Waals surface area (Å²) in [6, 6.07) is 4.09. The SMILES string of the molecule is Cc1ccc(C)c(Oc2cnc(CO)cn2)c1C. The summed E-state index contributed by atoms with van der Waals surface area (Å²) >= 11 is 0. The van der Waals surface area contributed by atoms with E-state index in [9.17, 15) is 0 Å². The van der Waals surface area contributed by atoms with Gasteiger partial charge in [-0.3, -0.25) is 4.98 Å². The summed E-state index contributed by atoms with van der Waals surface area (Å²) in [7, 11) is 0. The van der Waals surface area contributed by atoms with Crippen LogP contribution in [0.3, 0.4) is 0 Å². The Morgan fingerprint density at radius 2 is 1.78 bits per heavy atom. The number of aliphatic hydroxyl groups is 1. The minimum Gasteiger partial charge on any atom is -0.437 e. The highest BCUT2D eigenvalue weighted by molar-refractivity contribution is 5.45. The molecule has 2 rings (SSSR count). The Morgan fingerprint density at radius 3 is 2.39 bits per heavy atom. The number of aromatic nitrogens is 2. The van der Waals surface area contributed by atoms with Crippen molar-refractivity contribution in [3.63, 3.8) is 0 Å². The number of benzene rings is 1. The van der Waals surface area contributed by atoms with Crippen molar-refractivity contribution in [2.45, 2.75) is 27.4 Å². The smallest absolute Gasteiger partial charge is 0.237 e. The first-order valence-electron chi connectivity index (χ1n) is 5.78. The molecule has 0 radical (unpaired) electrons. The highest BCUT2D eigenvalue weighted by atomic mass is 16.5. The van der Waals surface area contributed by atoms with Crippen molar-refractivity contribution in [1.82, 2.24) is 9.97 Å². The van der Waals surface area contributed by atoms with Crippen LogP contribution in [0.2, 0.25) is 0 Å². The van der Waals surface area contributed by atoms with Crippen molar-refractivity contribution in [1.29, 1.82) is 0 Å². The Kier molecular flexibility index (Phi) is 3.58. The third kappa shape index (κ3) is 2.49. The van der Waals surface area contributed by atoms with E-state index in [0.29, 0.717) is 11.6 Å². The molecular weight excluding hydrogens is 228 g/mol. The van der Waals surface area contributed by atoms with Gasteiger partial charge in [0.2, 0.25) is 5.88 Å². The Bertz CT molecular complexity index is 550. The summed E-state index contributed by atoms with van der Waals surface area (Å²) in [5, 5.41) is 8.90. The van der Waals surface area contributed by atoms with E-state index in [-0.39, 0.29) is 6.61 Å². The van der Waals surface area contributed by atoms with E-state index in [2.05, 4.69) is 16.0 Å². The third-order valence-electron chi connectivity index (χ3n) is 2.92. The van der Waals surface area contributed by atoms with E-state index in [0.717, 1.165) is 16.9 Å². The van der Waals surface area contributed by atoms with Crippen LogP contribution in [-0.2, 0) is 6.61 Å². The molecule has 94 valence electrons. The van der Waals surface area contributed by atoms with E-state index >= 15 is 0 Å². The molecule has 18 heavy (non-hydrogen) atoms. The van der Waals surface area contributed by atoms with Crippen LogP contribution >= 0.6 is 0 Å². The summed E-state index contributed by atoms with van der Waals surface area (Å²) in [4.78, 5) is 8.15. The van der Waals surface area contributed by atoms with Crippen LogP contribution in [0.15, 0.2) is 24.5 Å². The van der Waals surface area contributed by atoms with Crippen molar-refractivity contribution in [3.05, 3.63) is 46.9 Å². The summed E-state index contributed by atoms with van der Waals surface area (Å²) in [5.41, 5.74) is 3.87. The molecule has 0 atom stereocenters. The Labute approximate surface area is 106 Å². The lowest BCUT2D eigenvalue weighted by Crippen LogP contribution is -1.97. The molecular formula is C14H16N2O2. The predicted octanol–water partition coefficient (Wildman–Crippen LogP) is 2.69. The number of rotatable bonds is 3. The van der Waals surface area contributed by atoms with E-state index in [4.69, 9.17) is 9.84 Å². The van der Waals surface area contributed by atoms with Crippen LogP contribution in [0.25, 0.3) is 0 Å². The Balaban J connectivity index is 2.30. The van der Waals surface area contributed by atoms with E-state index in [1.54, 1.807) is 0 Å². The molecule has 0 aliphatic heterocycles. The summed E-state index contributed by atoms with van der Waals surface area (Å²) in [5.74, 6) is 1.25. The fourth-order valence-corrected chi connectivity index (χ4v) is 1.66. The first-order chi connectivity index (χ1) is 8.61. The molecule has 0 saturated carbocycles. The van der Waals surface area contributed by atoms with E-state index in [1.807, 2.05) is 26.8 Å². The molecule has 1 N–H and O–H groups in total. The van der Waals surface area contributed by atoms with Gasteiger partial charge in [0.1, 0.15) is 5.75 Å². The minimum absolute atomic E-state index is 0.115. The summed E-state index contributed by atoms with van der Waals surface area (Å²) in [6.45, 7) is 5.95. The van der Waals surface area contributed by atoms with Crippen LogP contribution in [0.4, 0.5) is 0 Å². The Morgan fingerprint density at radius 1 is 1.06 bits per heavy atom. The standard InChI is InChI=1S/C14H16N2O2/c1-9-4-5-10(2)14(11(9)3)18-13-7-15-12(8-17)6-16-13/h4-7,17H,8H2,1-3H3. The zero-order valence-electron chi connectivity index (χ0n) is 10.8. The van der Waals surface area contributed by atoms with Crippen molar-refractivity contribution in [2.24, 2.45) is 0 Å². The maximum atomic E-state index is 8.90. The van der Waals surface area contributed by atoms with Crippen molar-refractivity contribution < 1.29 is 9.84 Å². The zero-order valence-corrected chi connectivity index (χ0v) is 10.8. The molecule has 0 aliphatic carbocycles. The van der Waals surface area contributed by atoms with Gasteiger partial charge >= 0.3 is 0 Å². The van der Waals surface area contributed by atoms with Gasteiger partial charge in [-0.2, -0.15) is 0 Å². The van der Waals surface area contributed by atoms with Gasteiger partial charge < -0.3 is 9.84 Å². The molecule has 0 bridgehead atoms. The molecule has 0 saturated heterocycles. The molecule has 0 fully saturated rings. The predicted molar refractivity (Wildman–Crippen MR) is 68.7 cm³/mol. The fraction of sp³-hybridized carbons (Fsp3) is 0.286. The van der Waals surface area contributed by atoms with Crippen LogP contribution in [-0.4, -0.2) is 15.1 Å². The topological polar surface area (TPSA) is 55.2 Å².